The summed E-state index contributed by atoms with van der Waals surface area (Å²) in [5.74, 6) is 0.668. The largest absolute Gasteiger partial charge is 0.241 e. The fourth-order valence-electron chi connectivity index (χ4n) is 2.16. The summed E-state index contributed by atoms with van der Waals surface area (Å²) in [5.41, 5.74) is 2.00. The molecular weight excluding hydrogens is 320 g/mol. The van der Waals surface area contributed by atoms with Gasteiger partial charge in [-0.2, -0.15) is 5.10 Å². The second-order valence-corrected chi connectivity index (χ2v) is 6.37. The van der Waals surface area contributed by atoms with Crippen LogP contribution in [0, 0.1) is 4.91 Å². The number of nitrogens with zero attached hydrogens (tertiary/aromatic N) is 4. The van der Waals surface area contributed by atoms with Gasteiger partial charge in [0.1, 0.15) is 0 Å². The maximum absolute atomic E-state index is 10.4. The van der Waals surface area contributed by atoms with Crippen molar-refractivity contribution in [2.75, 3.05) is 12.3 Å². The van der Waals surface area contributed by atoms with Crippen molar-refractivity contribution < 1.29 is 0 Å². The highest BCUT2D eigenvalue weighted by atomic mass is 35.5. The van der Waals surface area contributed by atoms with Crippen LogP contribution < -0.4 is 0 Å². The van der Waals surface area contributed by atoms with Crippen LogP contribution in [0.1, 0.15) is 38.2 Å². The van der Waals surface area contributed by atoms with Gasteiger partial charge >= 0.3 is 0 Å². The Morgan fingerprint density at radius 3 is 2.73 bits per heavy atom. The van der Waals surface area contributed by atoms with Crippen molar-refractivity contribution in [1.82, 2.24) is 5.01 Å². The van der Waals surface area contributed by atoms with E-state index in [0.717, 1.165) is 30.7 Å². The molecule has 22 heavy (non-hydrogen) atoms. The standard InChI is InChI=1S/C15H19ClN4OS/c1-2-3-4-5-10-20-15(17-19-21)22-11-14(18-20)12-6-8-13(16)9-7-12/h6-9H,2-5,10-11H2,1H3/b17-15+. The zero-order valence-electron chi connectivity index (χ0n) is 12.5. The summed E-state index contributed by atoms with van der Waals surface area (Å²) >= 11 is 7.41. The maximum Gasteiger partial charge on any atom is 0.209 e. The molecular formula is C15H19ClN4OS. The number of benzene rings is 1. The van der Waals surface area contributed by atoms with Gasteiger partial charge < -0.3 is 0 Å². The van der Waals surface area contributed by atoms with Crippen molar-refractivity contribution in [3.63, 3.8) is 0 Å². The number of hydrogen-bond donors (Lipinski definition) is 0. The summed E-state index contributed by atoms with van der Waals surface area (Å²) < 4.78 is 0. The molecule has 0 spiro atoms. The van der Waals surface area contributed by atoms with E-state index in [0.29, 0.717) is 15.9 Å². The Bertz CT molecular complexity index is 559. The fourth-order valence-corrected chi connectivity index (χ4v) is 3.15. The molecule has 0 unspecified atom stereocenters. The minimum Gasteiger partial charge on any atom is -0.241 e. The molecule has 1 aliphatic rings. The van der Waals surface area contributed by atoms with Gasteiger partial charge in [0, 0.05) is 17.3 Å². The summed E-state index contributed by atoms with van der Waals surface area (Å²) in [6, 6.07) is 7.62. The quantitative estimate of drug-likeness (QED) is 0.411. The van der Waals surface area contributed by atoms with Crippen LogP contribution in [0.2, 0.25) is 5.02 Å². The van der Waals surface area contributed by atoms with Gasteiger partial charge in [-0.05, 0) is 24.1 Å². The van der Waals surface area contributed by atoms with Gasteiger partial charge in [-0.15, -0.1) is 4.91 Å². The molecule has 5 nitrogen and oxygen atoms in total. The predicted molar refractivity (Wildman–Crippen MR) is 94.5 cm³/mol. The van der Waals surface area contributed by atoms with Crippen molar-refractivity contribution >= 4 is 34.2 Å². The second-order valence-electron chi connectivity index (χ2n) is 4.99. The molecule has 7 heteroatoms. The molecule has 0 bridgehead atoms. The van der Waals surface area contributed by atoms with Crippen molar-refractivity contribution in [1.29, 1.82) is 0 Å². The Morgan fingerprint density at radius 1 is 1.27 bits per heavy atom. The number of nitroso groups, excluding NO2 is 1. The number of rotatable bonds is 7. The third-order valence-electron chi connectivity index (χ3n) is 3.33. The van der Waals surface area contributed by atoms with E-state index in [-0.39, 0.29) is 0 Å². The SMILES string of the molecule is CCCCCCN1N=C(c2ccc(Cl)cc2)CS/C1=N/N=O. The number of halogens is 1. The number of amidine groups is 1. The summed E-state index contributed by atoms with van der Waals surface area (Å²) in [6.45, 7) is 2.93. The van der Waals surface area contributed by atoms with Crippen LogP contribution in [0.4, 0.5) is 0 Å². The van der Waals surface area contributed by atoms with E-state index in [9.17, 15) is 4.91 Å². The van der Waals surface area contributed by atoms with Gasteiger partial charge in [-0.25, -0.2) is 5.01 Å². The summed E-state index contributed by atoms with van der Waals surface area (Å²) in [5, 5.41) is 14.0. The summed E-state index contributed by atoms with van der Waals surface area (Å²) in [6.07, 6.45) is 4.55. The minimum atomic E-state index is 0.573. The highest BCUT2D eigenvalue weighted by Crippen LogP contribution is 2.22. The lowest BCUT2D eigenvalue weighted by atomic mass is 10.1. The molecule has 0 radical (unpaired) electrons. The molecule has 0 atom stereocenters. The lowest BCUT2D eigenvalue weighted by Gasteiger charge is -2.25. The molecule has 1 aromatic rings. The molecule has 2 rings (SSSR count). The molecule has 1 aliphatic heterocycles. The smallest absolute Gasteiger partial charge is 0.209 e. The van der Waals surface area contributed by atoms with E-state index in [1.54, 1.807) is 5.01 Å². The molecule has 0 amide bonds. The van der Waals surface area contributed by atoms with E-state index in [1.165, 1.54) is 24.6 Å². The lowest BCUT2D eigenvalue weighted by Crippen LogP contribution is -2.31. The number of thioether (sulfide) groups is 1. The molecule has 0 N–H and O–H groups in total. The lowest BCUT2D eigenvalue weighted by molar-refractivity contribution is 0.427. The molecule has 1 heterocycles. The van der Waals surface area contributed by atoms with Gasteiger partial charge in [-0.3, -0.25) is 0 Å². The zero-order chi connectivity index (χ0) is 15.8. The molecule has 118 valence electrons. The first kappa shape index (κ1) is 17.0. The van der Waals surface area contributed by atoms with E-state index in [1.807, 2.05) is 24.3 Å². The van der Waals surface area contributed by atoms with Crippen molar-refractivity contribution in [2.45, 2.75) is 32.6 Å². The summed E-state index contributed by atoms with van der Waals surface area (Å²) in [4.78, 5) is 10.4. The van der Waals surface area contributed by atoms with Crippen LogP contribution in [-0.4, -0.2) is 28.2 Å². The molecule has 0 saturated carbocycles. The Balaban J connectivity index is 2.12. The van der Waals surface area contributed by atoms with Crippen LogP contribution in [0.25, 0.3) is 0 Å². The molecule has 0 aromatic heterocycles. The van der Waals surface area contributed by atoms with Gasteiger partial charge in [0.25, 0.3) is 0 Å². The number of unbranched alkanes of at least 4 members (excludes halogenated alkanes) is 3. The average Bonchev–Trinajstić information content (AvgIpc) is 2.54. The van der Waals surface area contributed by atoms with Crippen molar-refractivity contribution in [2.24, 2.45) is 15.5 Å². The third-order valence-corrected chi connectivity index (χ3v) is 4.55. The van der Waals surface area contributed by atoms with Crippen molar-refractivity contribution in [3.05, 3.63) is 39.8 Å². The Hall–Kier alpha value is -1.40. The molecule has 1 aromatic carbocycles. The van der Waals surface area contributed by atoms with E-state index < -0.39 is 0 Å². The molecule has 0 fully saturated rings. The van der Waals surface area contributed by atoms with Gasteiger partial charge in [0.15, 0.2) is 0 Å². The van der Waals surface area contributed by atoms with Crippen LogP contribution in [0.3, 0.4) is 0 Å². The number of hydrazone groups is 1. The Morgan fingerprint density at radius 2 is 2.05 bits per heavy atom. The van der Waals surface area contributed by atoms with Gasteiger partial charge in [-0.1, -0.05) is 66.8 Å². The topological polar surface area (TPSA) is 57.4 Å². The minimum absolute atomic E-state index is 0.573. The van der Waals surface area contributed by atoms with E-state index in [2.05, 4.69) is 22.4 Å². The first-order chi connectivity index (χ1) is 10.7. The van der Waals surface area contributed by atoms with Crippen LogP contribution >= 0.6 is 23.4 Å². The van der Waals surface area contributed by atoms with Crippen molar-refractivity contribution in [3.8, 4) is 0 Å². The van der Waals surface area contributed by atoms with E-state index >= 15 is 0 Å². The second kappa shape index (κ2) is 8.90. The highest BCUT2D eigenvalue weighted by Gasteiger charge is 2.20. The average molecular weight is 339 g/mol. The highest BCUT2D eigenvalue weighted by molar-refractivity contribution is 8.14. The molecule has 0 aliphatic carbocycles. The first-order valence-electron chi connectivity index (χ1n) is 7.38. The third kappa shape index (κ3) is 4.81. The maximum atomic E-state index is 10.4. The zero-order valence-corrected chi connectivity index (χ0v) is 14.1. The van der Waals surface area contributed by atoms with Crippen LogP contribution in [0.15, 0.2) is 39.8 Å². The Kier molecular flexibility index (Phi) is 6.86. The van der Waals surface area contributed by atoms with Gasteiger partial charge in [0.2, 0.25) is 5.17 Å². The molecule has 0 saturated heterocycles. The fraction of sp³-hybridized carbons (Fsp3) is 0.467. The number of hydrogen-bond acceptors (Lipinski definition) is 4. The predicted octanol–water partition coefficient (Wildman–Crippen LogP) is 4.71. The summed E-state index contributed by atoms with van der Waals surface area (Å²) in [7, 11) is 0. The van der Waals surface area contributed by atoms with E-state index in [4.69, 9.17) is 11.6 Å². The monoisotopic (exact) mass is 338 g/mol. The normalized spacial score (nSPS) is 16.7. The first-order valence-corrected chi connectivity index (χ1v) is 8.75. The Labute approximate surface area is 139 Å². The van der Waals surface area contributed by atoms with Crippen LogP contribution in [0.5, 0.6) is 0 Å². The van der Waals surface area contributed by atoms with Gasteiger partial charge in [0.05, 0.1) is 11.0 Å². The van der Waals surface area contributed by atoms with Crippen LogP contribution in [-0.2, 0) is 0 Å².